The summed E-state index contributed by atoms with van der Waals surface area (Å²) in [5, 5.41) is 6.19. The summed E-state index contributed by atoms with van der Waals surface area (Å²) in [6.07, 6.45) is 5.65. The lowest BCUT2D eigenvalue weighted by atomic mass is 9.90. The van der Waals surface area contributed by atoms with E-state index in [1.807, 2.05) is 0 Å². The van der Waals surface area contributed by atoms with E-state index in [4.69, 9.17) is 0 Å². The number of rotatable bonds is 6. The molecule has 0 aromatic heterocycles. The molecule has 0 spiro atoms. The van der Waals surface area contributed by atoms with Crippen LogP contribution in [0.2, 0.25) is 0 Å². The normalized spacial score (nSPS) is 24.9. The van der Waals surface area contributed by atoms with E-state index in [-0.39, 0.29) is 5.91 Å². The van der Waals surface area contributed by atoms with Gasteiger partial charge in [0.05, 0.1) is 0 Å². The number of hydrogen-bond acceptors (Lipinski definition) is 3. The van der Waals surface area contributed by atoms with E-state index in [2.05, 4.69) is 29.5 Å². The Morgan fingerprint density at radius 1 is 1.29 bits per heavy atom. The van der Waals surface area contributed by atoms with E-state index in [1.54, 1.807) is 7.05 Å². The first-order valence-electron chi connectivity index (χ1n) is 6.81. The maximum atomic E-state index is 11.2. The number of hydrogen-bond donors (Lipinski definition) is 2. The number of carbonyl (C=O) groups is 1. The molecule has 0 unspecified atom stereocenters. The van der Waals surface area contributed by atoms with Crippen LogP contribution in [-0.4, -0.2) is 50.1 Å². The van der Waals surface area contributed by atoms with Crippen LogP contribution in [0.15, 0.2) is 0 Å². The monoisotopic (exact) mass is 241 g/mol. The summed E-state index contributed by atoms with van der Waals surface area (Å²) >= 11 is 0. The average Bonchev–Trinajstić information content (AvgIpc) is 2.36. The highest BCUT2D eigenvalue weighted by Crippen LogP contribution is 2.22. The second-order valence-electron chi connectivity index (χ2n) is 4.97. The summed E-state index contributed by atoms with van der Waals surface area (Å²) in [5.41, 5.74) is 0. The molecule has 1 aliphatic carbocycles. The van der Waals surface area contributed by atoms with Gasteiger partial charge in [0.2, 0.25) is 5.91 Å². The highest BCUT2D eigenvalue weighted by Gasteiger charge is 2.23. The molecule has 1 amide bonds. The molecule has 0 bridgehead atoms. The van der Waals surface area contributed by atoms with Crippen molar-refractivity contribution in [3.8, 4) is 0 Å². The Labute approximate surface area is 105 Å². The van der Waals surface area contributed by atoms with Crippen molar-refractivity contribution >= 4 is 5.91 Å². The van der Waals surface area contributed by atoms with Crippen molar-refractivity contribution in [1.82, 2.24) is 15.5 Å². The molecule has 0 aliphatic heterocycles. The molecule has 2 N–H and O–H groups in total. The molecule has 0 radical (unpaired) electrons. The van der Waals surface area contributed by atoms with Crippen LogP contribution in [0.1, 0.15) is 39.0 Å². The minimum atomic E-state index is 0.137. The lowest BCUT2D eigenvalue weighted by molar-refractivity contribution is -0.121. The maximum absolute atomic E-state index is 11.2. The molecule has 1 fully saturated rings. The second kappa shape index (κ2) is 7.67. The van der Waals surface area contributed by atoms with Crippen molar-refractivity contribution < 1.29 is 4.79 Å². The zero-order valence-corrected chi connectivity index (χ0v) is 11.5. The lowest BCUT2D eigenvalue weighted by Gasteiger charge is -2.34. The first-order valence-corrected chi connectivity index (χ1v) is 6.81. The zero-order valence-electron chi connectivity index (χ0n) is 11.5. The van der Waals surface area contributed by atoms with E-state index in [1.165, 1.54) is 25.7 Å². The molecule has 17 heavy (non-hydrogen) atoms. The lowest BCUT2D eigenvalue weighted by Crippen LogP contribution is -2.41. The Morgan fingerprint density at radius 2 is 1.94 bits per heavy atom. The first-order chi connectivity index (χ1) is 8.17. The summed E-state index contributed by atoms with van der Waals surface area (Å²) in [6.45, 7) is 4.11. The maximum Gasteiger partial charge on any atom is 0.221 e. The predicted molar refractivity (Wildman–Crippen MR) is 71.0 cm³/mol. The van der Waals surface area contributed by atoms with E-state index >= 15 is 0 Å². The van der Waals surface area contributed by atoms with Gasteiger partial charge >= 0.3 is 0 Å². The average molecular weight is 241 g/mol. The largest absolute Gasteiger partial charge is 0.359 e. The standard InChI is InChI=1S/C13H27N3O/c1-4-15-11-5-7-12(8-6-11)16(3)10-9-13(17)14-2/h11-12,15H,4-10H2,1-3H3,(H,14,17). The van der Waals surface area contributed by atoms with Crippen molar-refractivity contribution in [3.63, 3.8) is 0 Å². The minimum absolute atomic E-state index is 0.137. The summed E-state index contributed by atoms with van der Waals surface area (Å²) in [7, 11) is 3.84. The zero-order chi connectivity index (χ0) is 12.7. The minimum Gasteiger partial charge on any atom is -0.359 e. The fraction of sp³-hybridized carbons (Fsp3) is 0.923. The Bertz CT molecular complexity index is 225. The van der Waals surface area contributed by atoms with Crippen LogP contribution in [0.5, 0.6) is 0 Å². The molecule has 0 atom stereocenters. The molecule has 0 aromatic carbocycles. The number of carbonyl (C=O) groups excluding carboxylic acids is 1. The van der Waals surface area contributed by atoms with Gasteiger partial charge in [-0.25, -0.2) is 0 Å². The highest BCUT2D eigenvalue weighted by molar-refractivity contribution is 5.75. The Kier molecular flexibility index (Phi) is 6.52. The quantitative estimate of drug-likeness (QED) is 0.728. The van der Waals surface area contributed by atoms with Crippen LogP contribution < -0.4 is 10.6 Å². The van der Waals surface area contributed by atoms with Gasteiger partial charge in [-0.2, -0.15) is 0 Å². The molecule has 4 nitrogen and oxygen atoms in total. The van der Waals surface area contributed by atoms with Gasteiger partial charge in [0, 0.05) is 32.1 Å². The molecule has 100 valence electrons. The molecular formula is C13H27N3O. The molecule has 1 saturated carbocycles. The van der Waals surface area contributed by atoms with Gasteiger partial charge in [-0.05, 0) is 39.3 Å². The number of nitrogens with one attached hydrogen (secondary N) is 2. The summed E-state index contributed by atoms with van der Waals surface area (Å²) in [6, 6.07) is 1.37. The third-order valence-corrected chi connectivity index (χ3v) is 3.78. The van der Waals surface area contributed by atoms with Crippen LogP contribution in [-0.2, 0) is 4.79 Å². The van der Waals surface area contributed by atoms with Gasteiger partial charge in [0.15, 0.2) is 0 Å². The Balaban J connectivity index is 2.21. The second-order valence-corrected chi connectivity index (χ2v) is 4.97. The molecule has 1 rings (SSSR count). The fourth-order valence-electron chi connectivity index (χ4n) is 2.59. The molecule has 0 heterocycles. The molecule has 4 heteroatoms. The summed E-state index contributed by atoms with van der Waals surface area (Å²) < 4.78 is 0. The van der Waals surface area contributed by atoms with Crippen LogP contribution in [0, 0.1) is 0 Å². The van der Waals surface area contributed by atoms with E-state index in [0.717, 1.165) is 13.1 Å². The smallest absolute Gasteiger partial charge is 0.221 e. The molecule has 0 aromatic rings. The summed E-state index contributed by atoms with van der Waals surface area (Å²) in [4.78, 5) is 13.5. The van der Waals surface area contributed by atoms with Crippen LogP contribution in [0.3, 0.4) is 0 Å². The van der Waals surface area contributed by atoms with Crippen molar-refractivity contribution in [2.45, 2.75) is 51.1 Å². The molecule has 1 aliphatic rings. The number of nitrogens with zero attached hydrogens (tertiary/aromatic N) is 1. The van der Waals surface area contributed by atoms with Gasteiger partial charge < -0.3 is 15.5 Å². The van der Waals surface area contributed by atoms with Crippen molar-refractivity contribution in [2.75, 3.05) is 27.2 Å². The number of amides is 1. The molecular weight excluding hydrogens is 214 g/mol. The van der Waals surface area contributed by atoms with E-state index < -0.39 is 0 Å². The van der Waals surface area contributed by atoms with Crippen LogP contribution in [0.25, 0.3) is 0 Å². The van der Waals surface area contributed by atoms with Crippen LogP contribution >= 0.6 is 0 Å². The van der Waals surface area contributed by atoms with E-state index in [0.29, 0.717) is 18.5 Å². The van der Waals surface area contributed by atoms with Gasteiger partial charge in [0.1, 0.15) is 0 Å². The fourth-order valence-corrected chi connectivity index (χ4v) is 2.59. The van der Waals surface area contributed by atoms with Crippen LogP contribution in [0.4, 0.5) is 0 Å². The van der Waals surface area contributed by atoms with Crippen molar-refractivity contribution in [1.29, 1.82) is 0 Å². The van der Waals surface area contributed by atoms with Gasteiger partial charge in [0.25, 0.3) is 0 Å². The van der Waals surface area contributed by atoms with Gasteiger partial charge in [-0.15, -0.1) is 0 Å². The van der Waals surface area contributed by atoms with Gasteiger partial charge in [-0.1, -0.05) is 6.92 Å². The first kappa shape index (κ1) is 14.5. The molecule has 0 saturated heterocycles. The van der Waals surface area contributed by atoms with Gasteiger partial charge in [-0.3, -0.25) is 4.79 Å². The third kappa shape index (κ3) is 5.04. The Morgan fingerprint density at radius 3 is 2.47 bits per heavy atom. The SMILES string of the molecule is CCNC1CCC(N(C)CCC(=O)NC)CC1. The highest BCUT2D eigenvalue weighted by atomic mass is 16.1. The topological polar surface area (TPSA) is 44.4 Å². The third-order valence-electron chi connectivity index (χ3n) is 3.78. The summed E-state index contributed by atoms with van der Waals surface area (Å²) in [5.74, 6) is 0.137. The Hall–Kier alpha value is -0.610. The van der Waals surface area contributed by atoms with Crippen molar-refractivity contribution in [3.05, 3.63) is 0 Å². The predicted octanol–water partition coefficient (Wildman–Crippen LogP) is 0.975. The van der Waals surface area contributed by atoms with E-state index in [9.17, 15) is 4.79 Å². The van der Waals surface area contributed by atoms with Crippen molar-refractivity contribution in [2.24, 2.45) is 0 Å².